The van der Waals surface area contributed by atoms with E-state index in [2.05, 4.69) is 5.32 Å². The first-order chi connectivity index (χ1) is 6.61. The number of nitrogens with one attached hydrogen (secondary N) is 1. The van der Waals surface area contributed by atoms with Crippen LogP contribution in [0, 0.1) is 0 Å². The molecule has 0 fully saturated rings. The van der Waals surface area contributed by atoms with Crippen molar-refractivity contribution in [3.63, 3.8) is 0 Å². The Morgan fingerprint density at radius 2 is 2.29 bits per heavy atom. The number of ether oxygens (including phenoxy) is 1. The van der Waals surface area contributed by atoms with Crippen LogP contribution in [-0.4, -0.2) is 37.4 Å². The lowest BCUT2D eigenvalue weighted by Crippen LogP contribution is -2.30. The quantitative estimate of drug-likeness (QED) is 0.604. The minimum atomic E-state index is -0.839. The first kappa shape index (κ1) is 13.1. The molecule has 0 spiro atoms. The Morgan fingerprint density at radius 1 is 1.64 bits per heavy atom. The molecule has 14 heavy (non-hydrogen) atoms. The van der Waals surface area contributed by atoms with Gasteiger partial charge in [-0.15, -0.1) is 0 Å². The lowest BCUT2D eigenvalue weighted by atomic mass is 10.2. The van der Waals surface area contributed by atoms with E-state index in [-0.39, 0.29) is 6.04 Å². The van der Waals surface area contributed by atoms with E-state index in [0.29, 0.717) is 25.1 Å². The van der Waals surface area contributed by atoms with Crippen molar-refractivity contribution in [1.29, 1.82) is 0 Å². The Labute approximate surface area is 85.0 Å². The van der Waals surface area contributed by atoms with E-state index in [9.17, 15) is 4.79 Å². The van der Waals surface area contributed by atoms with Gasteiger partial charge in [0.15, 0.2) is 0 Å². The van der Waals surface area contributed by atoms with Gasteiger partial charge in [-0.3, -0.25) is 0 Å². The SMILES string of the molecule is CCC(=CCNC(C)COC)C(=O)O. The van der Waals surface area contributed by atoms with Crippen LogP contribution < -0.4 is 5.32 Å². The summed E-state index contributed by atoms with van der Waals surface area (Å²) in [5.41, 5.74) is 0.446. The second kappa shape index (κ2) is 7.53. The predicted octanol–water partition coefficient (Wildman–Crippen LogP) is 1.03. The van der Waals surface area contributed by atoms with Crippen molar-refractivity contribution in [1.82, 2.24) is 5.32 Å². The van der Waals surface area contributed by atoms with E-state index in [1.807, 2.05) is 13.8 Å². The van der Waals surface area contributed by atoms with Gasteiger partial charge in [-0.1, -0.05) is 13.0 Å². The molecule has 0 aliphatic carbocycles. The molecule has 82 valence electrons. The van der Waals surface area contributed by atoms with E-state index in [0.717, 1.165) is 0 Å². The van der Waals surface area contributed by atoms with Gasteiger partial charge in [0.05, 0.1) is 6.61 Å². The van der Waals surface area contributed by atoms with Crippen LogP contribution in [0.15, 0.2) is 11.6 Å². The van der Waals surface area contributed by atoms with Crippen molar-refractivity contribution in [3.8, 4) is 0 Å². The Hall–Kier alpha value is -0.870. The maximum atomic E-state index is 10.6. The molecule has 2 N–H and O–H groups in total. The molecule has 0 aromatic carbocycles. The molecule has 0 saturated carbocycles. The summed E-state index contributed by atoms with van der Waals surface area (Å²) in [7, 11) is 1.64. The second-order valence-electron chi connectivity index (χ2n) is 3.15. The van der Waals surface area contributed by atoms with E-state index in [1.165, 1.54) is 0 Å². The smallest absolute Gasteiger partial charge is 0.331 e. The van der Waals surface area contributed by atoms with Crippen LogP contribution in [0.5, 0.6) is 0 Å². The van der Waals surface area contributed by atoms with Gasteiger partial charge in [-0.25, -0.2) is 4.79 Å². The number of hydrogen-bond donors (Lipinski definition) is 2. The predicted molar refractivity (Wildman–Crippen MR) is 55.4 cm³/mol. The highest BCUT2D eigenvalue weighted by Crippen LogP contribution is 1.99. The van der Waals surface area contributed by atoms with Crippen LogP contribution in [0.1, 0.15) is 20.3 Å². The molecule has 0 radical (unpaired) electrons. The van der Waals surface area contributed by atoms with Crippen molar-refractivity contribution in [2.75, 3.05) is 20.3 Å². The highest BCUT2D eigenvalue weighted by molar-refractivity contribution is 5.86. The van der Waals surface area contributed by atoms with Crippen molar-refractivity contribution >= 4 is 5.97 Å². The molecule has 0 saturated heterocycles. The lowest BCUT2D eigenvalue weighted by molar-refractivity contribution is -0.132. The lowest BCUT2D eigenvalue weighted by Gasteiger charge is -2.10. The molecule has 0 aromatic heterocycles. The Morgan fingerprint density at radius 3 is 2.71 bits per heavy atom. The summed E-state index contributed by atoms with van der Waals surface area (Å²) < 4.78 is 4.94. The highest BCUT2D eigenvalue weighted by atomic mass is 16.5. The van der Waals surface area contributed by atoms with Gasteiger partial charge in [0.25, 0.3) is 0 Å². The molecule has 0 amide bonds. The van der Waals surface area contributed by atoms with Gasteiger partial charge in [0.2, 0.25) is 0 Å². The number of hydrogen-bond acceptors (Lipinski definition) is 3. The number of carboxylic acids is 1. The molecule has 0 rings (SSSR count). The van der Waals surface area contributed by atoms with Crippen molar-refractivity contribution in [2.24, 2.45) is 0 Å². The third kappa shape index (κ3) is 5.72. The van der Waals surface area contributed by atoms with E-state index in [4.69, 9.17) is 9.84 Å². The van der Waals surface area contributed by atoms with Crippen LogP contribution >= 0.6 is 0 Å². The Kier molecular flexibility index (Phi) is 7.06. The van der Waals surface area contributed by atoms with E-state index < -0.39 is 5.97 Å². The average Bonchev–Trinajstić information content (AvgIpc) is 2.12. The van der Waals surface area contributed by atoms with Gasteiger partial charge >= 0.3 is 5.97 Å². The van der Waals surface area contributed by atoms with Gasteiger partial charge < -0.3 is 15.2 Å². The summed E-state index contributed by atoms with van der Waals surface area (Å²) in [5.74, 6) is -0.839. The normalized spacial score (nSPS) is 14.1. The fourth-order valence-electron chi connectivity index (χ4n) is 1.08. The summed E-state index contributed by atoms with van der Waals surface area (Å²) in [4.78, 5) is 10.6. The number of carboxylic acid groups (broad SMARTS) is 1. The second-order valence-corrected chi connectivity index (χ2v) is 3.15. The molecule has 0 aliphatic rings. The van der Waals surface area contributed by atoms with Crippen LogP contribution in [-0.2, 0) is 9.53 Å². The third-order valence-corrected chi connectivity index (χ3v) is 1.89. The van der Waals surface area contributed by atoms with Gasteiger partial charge in [0.1, 0.15) is 0 Å². The zero-order valence-electron chi connectivity index (χ0n) is 9.04. The van der Waals surface area contributed by atoms with E-state index in [1.54, 1.807) is 13.2 Å². The van der Waals surface area contributed by atoms with Gasteiger partial charge in [0, 0.05) is 25.3 Å². The Balaban J connectivity index is 3.84. The van der Waals surface area contributed by atoms with Crippen molar-refractivity contribution in [3.05, 3.63) is 11.6 Å². The number of rotatable bonds is 7. The van der Waals surface area contributed by atoms with Crippen LogP contribution in [0.25, 0.3) is 0 Å². The van der Waals surface area contributed by atoms with Gasteiger partial charge in [-0.2, -0.15) is 0 Å². The summed E-state index contributed by atoms with van der Waals surface area (Å²) in [6.07, 6.45) is 2.25. The van der Waals surface area contributed by atoms with E-state index >= 15 is 0 Å². The highest BCUT2D eigenvalue weighted by Gasteiger charge is 2.03. The molecular weight excluding hydrogens is 182 g/mol. The minimum absolute atomic E-state index is 0.239. The molecule has 0 aromatic rings. The monoisotopic (exact) mass is 201 g/mol. The molecule has 4 nitrogen and oxygen atoms in total. The van der Waals surface area contributed by atoms with Crippen molar-refractivity contribution in [2.45, 2.75) is 26.3 Å². The third-order valence-electron chi connectivity index (χ3n) is 1.89. The average molecular weight is 201 g/mol. The molecule has 1 atom stereocenters. The topological polar surface area (TPSA) is 58.6 Å². The molecule has 4 heteroatoms. The molecule has 0 heterocycles. The zero-order chi connectivity index (χ0) is 11.0. The standard InChI is InChI=1S/C10H19NO3/c1-4-9(10(12)13)5-6-11-8(2)7-14-3/h5,8,11H,4,6-7H2,1-3H3,(H,12,13). The molecule has 0 aliphatic heterocycles. The number of carbonyl (C=O) groups is 1. The van der Waals surface area contributed by atoms with Gasteiger partial charge in [-0.05, 0) is 13.3 Å². The Bertz CT molecular complexity index is 202. The summed E-state index contributed by atoms with van der Waals surface area (Å²) >= 11 is 0. The zero-order valence-corrected chi connectivity index (χ0v) is 9.04. The fraction of sp³-hybridized carbons (Fsp3) is 0.700. The largest absolute Gasteiger partial charge is 0.478 e. The number of methoxy groups -OCH3 is 1. The number of aliphatic carboxylic acids is 1. The maximum Gasteiger partial charge on any atom is 0.331 e. The summed E-state index contributed by atoms with van der Waals surface area (Å²) in [6, 6.07) is 0.239. The first-order valence-corrected chi connectivity index (χ1v) is 4.76. The van der Waals surface area contributed by atoms with Crippen LogP contribution in [0.4, 0.5) is 0 Å². The molecule has 1 unspecified atom stereocenters. The first-order valence-electron chi connectivity index (χ1n) is 4.76. The summed E-state index contributed by atoms with van der Waals surface area (Å²) in [5, 5.41) is 11.9. The maximum absolute atomic E-state index is 10.6. The molecular formula is C10H19NO3. The van der Waals surface area contributed by atoms with Crippen molar-refractivity contribution < 1.29 is 14.6 Å². The van der Waals surface area contributed by atoms with Crippen LogP contribution in [0.3, 0.4) is 0 Å². The summed E-state index contributed by atoms with van der Waals surface area (Å²) in [6.45, 7) is 5.02. The molecule has 0 bridgehead atoms. The fourth-order valence-corrected chi connectivity index (χ4v) is 1.08. The van der Waals surface area contributed by atoms with Crippen LogP contribution in [0.2, 0.25) is 0 Å². The minimum Gasteiger partial charge on any atom is -0.478 e.